The van der Waals surface area contributed by atoms with Crippen LogP contribution in [0.3, 0.4) is 0 Å². The second-order valence-corrected chi connectivity index (χ2v) is 1.59. The molecule has 0 heterocycles. The molecule has 0 rings (SSSR count). The molecule has 5 heteroatoms. The molecule has 0 bridgehead atoms. The standard InChI is InChI=1S/C2H2Br2.CH2O3/c3-1-2-4;2-1(3)4/h1-2H;(H2,2,3,4). The normalized spacial score (nSPS) is 7.75. The van der Waals surface area contributed by atoms with Gasteiger partial charge in [-0.15, -0.1) is 0 Å². The summed E-state index contributed by atoms with van der Waals surface area (Å²) in [6.07, 6.45) is -1.83. The van der Waals surface area contributed by atoms with Crippen LogP contribution in [0.5, 0.6) is 0 Å². The lowest BCUT2D eigenvalue weighted by molar-refractivity contribution is 0.137. The summed E-state index contributed by atoms with van der Waals surface area (Å²) in [7, 11) is 0. The summed E-state index contributed by atoms with van der Waals surface area (Å²) in [5, 5.41) is 13.9. The molecule has 0 unspecified atom stereocenters. The lowest BCUT2D eigenvalue weighted by Crippen LogP contribution is -1.81. The van der Waals surface area contributed by atoms with Crippen LogP contribution in [0.4, 0.5) is 4.79 Å². The van der Waals surface area contributed by atoms with Gasteiger partial charge in [-0.1, -0.05) is 31.9 Å². The van der Waals surface area contributed by atoms with Gasteiger partial charge < -0.3 is 10.2 Å². The number of carbonyl (C=O) groups is 1. The molecular weight excluding hydrogens is 244 g/mol. The van der Waals surface area contributed by atoms with Gasteiger partial charge in [0.05, 0.1) is 0 Å². The highest BCUT2D eigenvalue weighted by Crippen LogP contribution is 1.86. The van der Waals surface area contributed by atoms with Crippen molar-refractivity contribution in [3.05, 3.63) is 9.97 Å². The topological polar surface area (TPSA) is 57.5 Å². The molecule has 0 aliphatic heterocycles. The van der Waals surface area contributed by atoms with E-state index in [0.717, 1.165) is 0 Å². The van der Waals surface area contributed by atoms with E-state index in [1.807, 2.05) is 0 Å². The molecule has 0 atom stereocenters. The van der Waals surface area contributed by atoms with Crippen molar-refractivity contribution in [3.63, 3.8) is 0 Å². The van der Waals surface area contributed by atoms with Crippen molar-refractivity contribution in [1.29, 1.82) is 0 Å². The molecule has 0 aliphatic rings. The molecule has 0 amide bonds. The Morgan fingerprint density at radius 1 is 1.25 bits per heavy atom. The maximum atomic E-state index is 8.56. The van der Waals surface area contributed by atoms with Crippen LogP contribution in [-0.4, -0.2) is 16.4 Å². The number of carboxylic acid groups (broad SMARTS) is 2. The van der Waals surface area contributed by atoms with Gasteiger partial charge in [0.1, 0.15) is 0 Å². The van der Waals surface area contributed by atoms with Crippen LogP contribution in [-0.2, 0) is 0 Å². The van der Waals surface area contributed by atoms with Crippen LogP contribution < -0.4 is 0 Å². The van der Waals surface area contributed by atoms with E-state index >= 15 is 0 Å². The van der Waals surface area contributed by atoms with Gasteiger partial charge in [-0.05, 0) is 9.97 Å². The van der Waals surface area contributed by atoms with Crippen LogP contribution in [0.2, 0.25) is 0 Å². The molecule has 2 N–H and O–H groups in total. The molecule has 3 nitrogen and oxygen atoms in total. The third-order valence-electron chi connectivity index (χ3n) is 0.0476. The maximum absolute atomic E-state index is 8.56. The van der Waals surface area contributed by atoms with Crippen LogP contribution in [0.25, 0.3) is 0 Å². The van der Waals surface area contributed by atoms with Crippen molar-refractivity contribution in [2.45, 2.75) is 0 Å². The molecular formula is C3H4Br2O3. The second-order valence-electron chi connectivity index (χ2n) is 0.535. The minimum absolute atomic E-state index is 1.73. The molecule has 0 spiro atoms. The van der Waals surface area contributed by atoms with Crippen LogP contribution in [0.15, 0.2) is 9.97 Å². The molecule has 0 saturated heterocycles. The van der Waals surface area contributed by atoms with E-state index in [1.165, 1.54) is 0 Å². The van der Waals surface area contributed by atoms with Gasteiger partial charge >= 0.3 is 6.16 Å². The minimum atomic E-state index is -1.83. The molecule has 0 saturated carbocycles. The minimum Gasteiger partial charge on any atom is -0.450 e. The van der Waals surface area contributed by atoms with E-state index in [2.05, 4.69) is 31.9 Å². The Bertz CT molecular complexity index is 72.6. The summed E-state index contributed by atoms with van der Waals surface area (Å²) < 4.78 is 0. The van der Waals surface area contributed by atoms with Crippen molar-refractivity contribution in [1.82, 2.24) is 0 Å². The number of rotatable bonds is 0. The first kappa shape index (κ1) is 10.9. The lowest BCUT2D eigenvalue weighted by atomic mass is 11.3. The van der Waals surface area contributed by atoms with Crippen molar-refractivity contribution in [3.8, 4) is 0 Å². The molecule has 48 valence electrons. The quantitative estimate of drug-likeness (QED) is 0.692. The Hall–Kier alpha value is -0.0300. The average Bonchev–Trinajstić information content (AvgIpc) is 1.65. The summed E-state index contributed by atoms with van der Waals surface area (Å²) >= 11 is 6.04. The average molecular weight is 248 g/mol. The molecule has 0 aromatic rings. The molecule has 0 radical (unpaired) electrons. The molecule has 0 aromatic heterocycles. The molecule has 0 aliphatic carbocycles. The van der Waals surface area contributed by atoms with Crippen LogP contribution in [0.1, 0.15) is 0 Å². The first-order valence-electron chi connectivity index (χ1n) is 1.42. The van der Waals surface area contributed by atoms with Gasteiger partial charge in [-0.3, -0.25) is 0 Å². The Morgan fingerprint density at radius 2 is 1.38 bits per heavy atom. The predicted octanol–water partition coefficient (Wildman–Crippen LogP) is 2.47. The van der Waals surface area contributed by atoms with Gasteiger partial charge in [0.25, 0.3) is 0 Å². The largest absolute Gasteiger partial charge is 0.503 e. The highest BCUT2D eigenvalue weighted by atomic mass is 79.9. The fraction of sp³-hybridized carbons (Fsp3) is 0. The monoisotopic (exact) mass is 246 g/mol. The summed E-state index contributed by atoms with van der Waals surface area (Å²) in [6, 6.07) is 0. The number of halogens is 2. The fourth-order valence-corrected chi connectivity index (χ4v) is 0. The van der Waals surface area contributed by atoms with Crippen LogP contribution in [0, 0.1) is 0 Å². The summed E-state index contributed by atoms with van der Waals surface area (Å²) in [5.41, 5.74) is 0. The zero-order valence-electron chi connectivity index (χ0n) is 3.71. The maximum Gasteiger partial charge on any atom is 0.503 e. The van der Waals surface area contributed by atoms with Crippen molar-refractivity contribution in [2.24, 2.45) is 0 Å². The van der Waals surface area contributed by atoms with E-state index in [0.29, 0.717) is 0 Å². The van der Waals surface area contributed by atoms with Crippen molar-refractivity contribution in [2.75, 3.05) is 0 Å². The van der Waals surface area contributed by atoms with E-state index < -0.39 is 6.16 Å². The molecule has 8 heavy (non-hydrogen) atoms. The third-order valence-corrected chi connectivity index (χ3v) is 1.29. The highest BCUT2D eigenvalue weighted by molar-refractivity contribution is 9.13. The summed E-state index contributed by atoms with van der Waals surface area (Å²) in [4.78, 5) is 12.0. The number of hydrogen-bond acceptors (Lipinski definition) is 1. The van der Waals surface area contributed by atoms with E-state index in [1.54, 1.807) is 9.97 Å². The van der Waals surface area contributed by atoms with Gasteiger partial charge in [-0.25, -0.2) is 4.79 Å². The predicted molar refractivity (Wildman–Crippen MR) is 37.6 cm³/mol. The SMILES string of the molecule is BrC=CBr.O=C(O)O. The molecule has 0 aromatic carbocycles. The highest BCUT2D eigenvalue weighted by Gasteiger charge is 1.70. The fourth-order valence-electron chi connectivity index (χ4n) is 0. The van der Waals surface area contributed by atoms with E-state index in [9.17, 15) is 0 Å². The summed E-state index contributed by atoms with van der Waals surface area (Å²) in [6.45, 7) is 0. The van der Waals surface area contributed by atoms with Crippen LogP contribution >= 0.6 is 31.9 Å². The third kappa shape index (κ3) is 157. The Kier molecular flexibility index (Phi) is 13.7. The van der Waals surface area contributed by atoms with E-state index in [-0.39, 0.29) is 0 Å². The Morgan fingerprint density at radius 3 is 1.38 bits per heavy atom. The second kappa shape index (κ2) is 10.1. The van der Waals surface area contributed by atoms with Gasteiger partial charge in [0.2, 0.25) is 0 Å². The van der Waals surface area contributed by atoms with E-state index in [4.69, 9.17) is 15.0 Å². The molecule has 0 fully saturated rings. The smallest absolute Gasteiger partial charge is 0.450 e. The Labute approximate surface area is 63.3 Å². The first-order valence-corrected chi connectivity index (χ1v) is 3.25. The zero-order chi connectivity index (χ0) is 6.99. The first-order chi connectivity index (χ1) is 3.65. The van der Waals surface area contributed by atoms with Gasteiger partial charge in [0, 0.05) is 0 Å². The van der Waals surface area contributed by atoms with Crippen molar-refractivity contribution < 1.29 is 15.0 Å². The number of hydrogen-bond donors (Lipinski definition) is 2. The van der Waals surface area contributed by atoms with Gasteiger partial charge in [0.15, 0.2) is 0 Å². The summed E-state index contributed by atoms with van der Waals surface area (Å²) in [5.74, 6) is 0. The Balaban J connectivity index is 0. The lowest BCUT2D eigenvalue weighted by Gasteiger charge is -1.60. The zero-order valence-corrected chi connectivity index (χ0v) is 6.89. The van der Waals surface area contributed by atoms with Crippen molar-refractivity contribution >= 4 is 38.0 Å². The van der Waals surface area contributed by atoms with Gasteiger partial charge in [-0.2, -0.15) is 0 Å².